The van der Waals surface area contributed by atoms with Crippen LogP contribution in [0.2, 0.25) is 5.02 Å². The number of piperazine rings is 1. The summed E-state index contributed by atoms with van der Waals surface area (Å²) in [5.41, 5.74) is 1.23. The predicted molar refractivity (Wildman–Crippen MR) is 121 cm³/mol. The Morgan fingerprint density at radius 1 is 1.03 bits per heavy atom. The fourth-order valence-corrected chi connectivity index (χ4v) is 6.47. The number of hydrogen-bond acceptors (Lipinski definition) is 6. The molecular weight excluding hydrogens is 440 g/mol. The lowest BCUT2D eigenvalue weighted by molar-refractivity contribution is 0.384. The lowest BCUT2D eigenvalue weighted by Gasteiger charge is -2.35. The molecule has 1 aromatic carbocycles. The van der Waals surface area contributed by atoms with Gasteiger partial charge in [-0.15, -0.1) is 11.3 Å². The highest BCUT2D eigenvalue weighted by Gasteiger charge is 2.32. The van der Waals surface area contributed by atoms with Gasteiger partial charge in [-0.2, -0.15) is 4.31 Å². The second-order valence-electron chi connectivity index (χ2n) is 7.99. The first-order valence-corrected chi connectivity index (χ1v) is 12.8. The highest BCUT2D eigenvalue weighted by atomic mass is 35.5. The maximum Gasteiger partial charge on any atom is 0.243 e. The molecule has 0 N–H and O–H groups in total. The van der Waals surface area contributed by atoms with Crippen molar-refractivity contribution in [2.45, 2.75) is 37.5 Å². The van der Waals surface area contributed by atoms with E-state index in [0.29, 0.717) is 37.1 Å². The van der Waals surface area contributed by atoms with Gasteiger partial charge in [0, 0.05) is 42.0 Å². The third-order valence-corrected chi connectivity index (χ3v) is 9.22. The van der Waals surface area contributed by atoms with Gasteiger partial charge in [0.15, 0.2) is 0 Å². The van der Waals surface area contributed by atoms with Crippen molar-refractivity contribution < 1.29 is 8.42 Å². The predicted octanol–water partition coefficient (Wildman–Crippen LogP) is 4.35. The zero-order valence-electron chi connectivity index (χ0n) is 16.9. The third-order valence-electron chi connectivity index (χ3n) is 5.96. The molecule has 1 aliphatic carbocycles. The van der Waals surface area contributed by atoms with Crippen molar-refractivity contribution in [3.63, 3.8) is 0 Å². The minimum absolute atomic E-state index is 0.283. The van der Waals surface area contributed by atoms with Crippen molar-refractivity contribution in [2.75, 3.05) is 31.1 Å². The molecule has 6 nitrogen and oxygen atoms in total. The topological polar surface area (TPSA) is 66.4 Å². The number of anilines is 1. The SMILES string of the molecule is Cc1sc2nc(C3CC3)nc(N3CCN(S(=O)(=O)c4ccc(Cl)cc4)CC3)c2c1C. The van der Waals surface area contributed by atoms with Crippen LogP contribution in [0.1, 0.15) is 35.0 Å². The lowest BCUT2D eigenvalue weighted by atomic mass is 10.2. The molecule has 2 aromatic heterocycles. The van der Waals surface area contributed by atoms with Crippen molar-refractivity contribution in [1.82, 2.24) is 14.3 Å². The Bertz CT molecular complexity index is 1210. The molecule has 9 heteroatoms. The van der Waals surface area contributed by atoms with Crippen molar-refractivity contribution in [3.8, 4) is 0 Å². The summed E-state index contributed by atoms with van der Waals surface area (Å²) in [6.07, 6.45) is 2.31. The number of nitrogens with zero attached hydrogens (tertiary/aromatic N) is 4. The van der Waals surface area contributed by atoms with Crippen molar-refractivity contribution in [1.29, 1.82) is 0 Å². The largest absolute Gasteiger partial charge is 0.353 e. The molecule has 3 aromatic rings. The average Bonchev–Trinajstić information content (AvgIpc) is 3.54. The number of thiophene rings is 1. The van der Waals surface area contributed by atoms with Gasteiger partial charge in [-0.1, -0.05) is 11.6 Å². The fraction of sp³-hybridized carbons (Fsp3) is 0.429. The Balaban J connectivity index is 1.43. The molecule has 1 aliphatic heterocycles. The van der Waals surface area contributed by atoms with Crippen LogP contribution < -0.4 is 4.90 Å². The van der Waals surface area contributed by atoms with Crippen LogP contribution in [-0.4, -0.2) is 48.9 Å². The summed E-state index contributed by atoms with van der Waals surface area (Å²) < 4.78 is 27.6. The quantitative estimate of drug-likeness (QED) is 0.576. The highest BCUT2D eigenvalue weighted by Crippen LogP contribution is 2.42. The smallest absolute Gasteiger partial charge is 0.243 e. The minimum atomic E-state index is -3.53. The van der Waals surface area contributed by atoms with Gasteiger partial charge < -0.3 is 4.90 Å². The Hall–Kier alpha value is -1.74. The van der Waals surface area contributed by atoms with Crippen LogP contribution in [0.15, 0.2) is 29.2 Å². The second-order valence-corrected chi connectivity index (χ2v) is 11.6. The molecule has 158 valence electrons. The number of rotatable bonds is 4. The van der Waals surface area contributed by atoms with Crippen LogP contribution in [0.4, 0.5) is 5.82 Å². The van der Waals surface area contributed by atoms with Crippen molar-refractivity contribution >= 4 is 49.0 Å². The van der Waals surface area contributed by atoms with Gasteiger partial charge in [-0.3, -0.25) is 0 Å². The third kappa shape index (κ3) is 3.49. The van der Waals surface area contributed by atoms with E-state index in [4.69, 9.17) is 21.6 Å². The molecule has 0 spiro atoms. The van der Waals surface area contributed by atoms with Crippen LogP contribution in [0.5, 0.6) is 0 Å². The zero-order chi connectivity index (χ0) is 21.0. The number of aromatic nitrogens is 2. The monoisotopic (exact) mass is 462 g/mol. The lowest BCUT2D eigenvalue weighted by Crippen LogP contribution is -2.49. The Kier molecular flexibility index (Phi) is 5.01. The maximum absolute atomic E-state index is 13.0. The van der Waals surface area contributed by atoms with Gasteiger partial charge in [0.05, 0.1) is 10.3 Å². The van der Waals surface area contributed by atoms with E-state index in [-0.39, 0.29) is 4.90 Å². The Morgan fingerprint density at radius 2 is 1.70 bits per heavy atom. The van der Waals surface area contributed by atoms with E-state index < -0.39 is 10.0 Å². The number of halogens is 1. The summed E-state index contributed by atoms with van der Waals surface area (Å²) in [6, 6.07) is 6.36. The van der Waals surface area contributed by atoms with Gasteiger partial charge in [-0.25, -0.2) is 18.4 Å². The zero-order valence-corrected chi connectivity index (χ0v) is 19.3. The number of aryl methyl sites for hydroxylation is 2. The molecule has 30 heavy (non-hydrogen) atoms. The van der Waals surface area contributed by atoms with Gasteiger partial charge in [0.2, 0.25) is 10.0 Å². The normalized spacial score (nSPS) is 18.3. The Morgan fingerprint density at radius 3 is 2.33 bits per heavy atom. The molecule has 2 fully saturated rings. The molecule has 3 heterocycles. The summed E-state index contributed by atoms with van der Waals surface area (Å²) in [7, 11) is -3.53. The fourth-order valence-electron chi connectivity index (χ4n) is 3.89. The van der Waals surface area contributed by atoms with E-state index >= 15 is 0 Å². The average molecular weight is 463 g/mol. The molecular formula is C21H23ClN4O2S2. The van der Waals surface area contributed by atoms with Gasteiger partial charge >= 0.3 is 0 Å². The van der Waals surface area contributed by atoms with E-state index in [9.17, 15) is 8.42 Å². The number of benzene rings is 1. The minimum Gasteiger partial charge on any atom is -0.353 e. The van der Waals surface area contributed by atoms with Gasteiger partial charge in [0.1, 0.15) is 16.5 Å². The molecule has 2 aliphatic rings. The molecule has 1 saturated heterocycles. The number of hydrogen-bond donors (Lipinski definition) is 0. The van der Waals surface area contributed by atoms with Crippen LogP contribution in [-0.2, 0) is 10.0 Å². The van der Waals surface area contributed by atoms with Crippen LogP contribution >= 0.6 is 22.9 Å². The molecule has 0 radical (unpaired) electrons. The van der Waals surface area contributed by atoms with Crippen LogP contribution in [0, 0.1) is 13.8 Å². The highest BCUT2D eigenvalue weighted by molar-refractivity contribution is 7.89. The summed E-state index contributed by atoms with van der Waals surface area (Å²) in [4.78, 5) is 14.6. The molecule has 0 amide bonds. The summed E-state index contributed by atoms with van der Waals surface area (Å²) in [5, 5.41) is 1.65. The van der Waals surface area contributed by atoms with Crippen molar-refractivity contribution in [2.24, 2.45) is 0 Å². The standard InChI is InChI=1S/C21H23ClN4O2S2/c1-13-14(2)29-21-18(13)20(23-19(24-21)15-3-4-15)25-9-11-26(12-10-25)30(27,28)17-7-5-16(22)6-8-17/h5-8,15H,3-4,9-12H2,1-2H3. The Labute approximate surface area is 185 Å². The summed E-state index contributed by atoms with van der Waals surface area (Å²) in [6.45, 7) is 6.32. The summed E-state index contributed by atoms with van der Waals surface area (Å²) >= 11 is 7.63. The van der Waals surface area contributed by atoms with Gasteiger partial charge in [-0.05, 0) is 56.5 Å². The van der Waals surface area contributed by atoms with E-state index in [2.05, 4.69) is 18.7 Å². The second kappa shape index (κ2) is 7.44. The van der Waals surface area contributed by atoms with E-state index in [0.717, 1.165) is 34.7 Å². The number of sulfonamides is 1. The summed E-state index contributed by atoms with van der Waals surface area (Å²) in [5.74, 6) is 2.38. The molecule has 5 rings (SSSR count). The molecule has 1 saturated carbocycles. The maximum atomic E-state index is 13.0. The van der Waals surface area contributed by atoms with E-state index in [1.807, 2.05) is 0 Å². The number of fused-ring (bicyclic) bond motifs is 1. The van der Waals surface area contributed by atoms with E-state index in [1.165, 1.54) is 10.4 Å². The first-order chi connectivity index (χ1) is 14.3. The van der Waals surface area contributed by atoms with E-state index in [1.54, 1.807) is 39.9 Å². The molecule has 0 unspecified atom stereocenters. The van der Waals surface area contributed by atoms with Crippen molar-refractivity contribution in [3.05, 3.63) is 45.6 Å². The molecule has 0 bridgehead atoms. The first kappa shape index (κ1) is 20.2. The van der Waals surface area contributed by atoms with Crippen LogP contribution in [0.3, 0.4) is 0 Å². The first-order valence-electron chi connectivity index (χ1n) is 10.1. The van der Waals surface area contributed by atoms with Crippen LogP contribution in [0.25, 0.3) is 10.2 Å². The molecule has 0 atom stereocenters. The van der Waals surface area contributed by atoms with Gasteiger partial charge in [0.25, 0.3) is 0 Å².